The van der Waals surface area contributed by atoms with E-state index >= 15 is 0 Å². The van der Waals surface area contributed by atoms with E-state index in [4.69, 9.17) is 9.47 Å². The Morgan fingerprint density at radius 2 is 1.30 bits per heavy atom. The molecule has 0 unspecified atom stereocenters. The fraction of sp³-hybridized carbons (Fsp3) is 0.118. The predicted molar refractivity (Wildman–Crippen MR) is 78.2 cm³/mol. The minimum absolute atomic E-state index is 0.162. The van der Waals surface area contributed by atoms with Gasteiger partial charge >= 0.3 is 0 Å². The summed E-state index contributed by atoms with van der Waals surface area (Å²) in [4.78, 5) is 11.6. The summed E-state index contributed by atoms with van der Waals surface area (Å²) in [6, 6.07) is 14.0. The molecule has 0 aliphatic heterocycles. The van der Waals surface area contributed by atoms with Gasteiger partial charge in [-0.2, -0.15) is 0 Å². The monoisotopic (exact) mass is 266 g/mol. The highest BCUT2D eigenvalue weighted by Crippen LogP contribution is 2.10. The van der Waals surface area contributed by atoms with Gasteiger partial charge in [0.2, 0.25) is 5.43 Å². The van der Waals surface area contributed by atoms with Crippen LogP contribution in [0.4, 0.5) is 0 Å². The summed E-state index contributed by atoms with van der Waals surface area (Å²) < 4.78 is 10.1. The molecule has 0 amide bonds. The van der Waals surface area contributed by atoms with Crippen molar-refractivity contribution in [2.24, 2.45) is 0 Å². The first-order valence-electron chi connectivity index (χ1n) is 6.07. The van der Waals surface area contributed by atoms with Crippen LogP contribution >= 0.6 is 0 Å². The Hall–Kier alpha value is -2.73. The highest BCUT2D eigenvalue weighted by atomic mass is 16.5. The highest BCUT2D eigenvalue weighted by Gasteiger charge is 1.95. The molecular weight excluding hydrogens is 252 g/mol. The maximum Gasteiger partial charge on any atom is 0.220 e. The van der Waals surface area contributed by atoms with Gasteiger partial charge < -0.3 is 9.47 Å². The van der Waals surface area contributed by atoms with Crippen molar-refractivity contribution >= 4 is 0 Å². The van der Waals surface area contributed by atoms with Crippen LogP contribution in [0.15, 0.2) is 53.3 Å². The Morgan fingerprint density at radius 3 is 1.85 bits per heavy atom. The van der Waals surface area contributed by atoms with Crippen LogP contribution in [0.2, 0.25) is 0 Å². The van der Waals surface area contributed by atoms with Gasteiger partial charge in [-0.05, 0) is 48.5 Å². The molecule has 2 aromatic rings. The lowest BCUT2D eigenvalue weighted by molar-refractivity contribution is 0.411. The molecule has 0 atom stereocenters. The number of benzene rings is 1. The van der Waals surface area contributed by atoms with E-state index in [0.717, 1.165) is 16.9 Å². The standard InChI is InChI=1S/C17H14O3/c1-19-15-9-5-13(6-10-15)3-4-14-7-11-16(18)17(20-2)12-8-14/h5-12H,1-2H3. The summed E-state index contributed by atoms with van der Waals surface area (Å²) in [6.45, 7) is 0. The number of hydrogen-bond donors (Lipinski definition) is 0. The van der Waals surface area contributed by atoms with E-state index in [1.165, 1.54) is 13.2 Å². The van der Waals surface area contributed by atoms with Crippen LogP contribution in [0.3, 0.4) is 0 Å². The van der Waals surface area contributed by atoms with Crippen molar-refractivity contribution in [3.8, 4) is 23.3 Å². The Morgan fingerprint density at radius 1 is 0.750 bits per heavy atom. The van der Waals surface area contributed by atoms with E-state index in [-0.39, 0.29) is 5.43 Å². The molecule has 100 valence electrons. The molecule has 2 aromatic carbocycles. The second-order valence-corrected chi connectivity index (χ2v) is 4.03. The summed E-state index contributed by atoms with van der Waals surface area (Å²) in [5, 5.41) is 0. The third-order valence-corrected chi connectivity index (χ3v) is 2.73. The molecule has 0 aliphatic carbocycles. The van der Waals surface area contributed by atoms with Crippen LogP contribution in [0.1, 0.15) is 11.1 Å². The van der Waals surface area contributed by atoms with E-state index in [1.54, 1.807) is 25.3 Å². The first-order valence-corrected chi connectivity index (χ1v) is 6.07. The lowest BCUT2D eigenvalue weighted by atomic mass is 10.2. The summed E-state index contributed by atoms with van der Waals surface area (Å²) in [5.74, 6) is 7.15. The Labute approximate surface area is 117 Å². The first kappa shape index (κ1) is 13.7. The second kappa shape index (κ2) is 6.44. The van der Waals surface area contributed by atoms with Gasteiger partial charge in [-0.25, -0.2) is 0 Å². The molecule has 0 fully saturated rings. The zero-order valence-electron chi connectivity index (χ0n) is 11.3. The van der Waals surface area contributed by atoms with E-state index in [9.17, 15) is 4.79 Å². The Kier molecular flexibility index (Phi) is 4.41. The second-order valence-electron chi connectivity index (χ2n) is 4.03. The number of hydrogen-bond acceptors (Lipinski definition) is 3. The van der Waals surface area contributed by atoms with Crippen LogP contribution in [-0.2, 0) is 0 Å². The van der Waals surface area contributed by atoms with Gasteiger partial charge in [0, 0.05) is 11.1 Å². The molecule has 20 heavy (non-hydrogen) atoms. The molecule has 0 N–H and O–H groups in total. The molecule has 0 heterocycles. The van der Waals surface area contributed by atoms with Crippen molar-refractivity contribution in [1.82, 2.24) is 0 Å². The van der Waals surface area contributed by atoms with Gasteiger partial charge in [-0.15, -0.1) is 0 Å². The van der Waals surface area contributed by atoms with Gasteiger partial charge in [-0.3, -0.25) is 4.79 Å². The quantitative estimate of drug-likeness (QED) is 0.783. The van der Waals surface area contributed by atoms with Crippen LogP contribution in [0, 0.1) is 11.8 Å². The minimum Gasteiger partial charge on any atom is -0.497 e. The summed E-state index contributed by atoms with van der Waals surface area (Å²) >= 11 is 0. The molecule has 0 aromatic heterocycles. The largest absolute Gasteiger partial charge is 0.497 e. The Bertz CT molecular complexity index is 707. The van der Waals surface area contributed by atoms with Gasteiger partial charge in [0.15, 0.2) is 5.75 Å². The average molecular weight is 266 g/mol. The van der Waals surface area contributed by atoms with Gasteiger partial charge in [0.1, 0.15) is 5.75 Å². The zero-order chi connectivity index (χ0) is 14.4. The summed E-state index contributed by atoms with van der Waals surface area (Å²) in [7, 11) is 3.10. The lowest BCUT2D eigenvalue weighted by Gasteiger charge is -1.97. The average Bonchev–Trinajstić information content (AvgIpc) is 2.67. The smallest absolute Gasteiger partial charge is 0.220 e. The van der Waals surface area contributed by atoms with Gasteiger partial charge in [0.05, 0.1) is 14.2 Å². The SMILES string of the molecule is COc1ccc(C#Cc2ccc(OC)c(=O)cc2)cc1. The number of rotatable bonds is 2. The van der Waals surface area contributed by atoms with Crippen molar-refractivity contribution in [3.05, 3.63) is 69.9 Å². The molecule has 0 saturated heterocycles. The van der Waals surface area contributed by atoms with Crippen molar-refractivity contribution < 1.29 is 9.47 Å². The van der Waals surface area contributed by atoms with E-state index in [0.29, 0.717) is 5.75 Å². The number of methoxy groups -OCH3 is 2. The molecular formula is C17H14O3. The van der Waals surface area contributed by atoms with Crippen LogP contribution in [-0.4, -0.2) is 14.2 Å². The van der Waals surface area contributed by atoms with Gasteiger partial charge in [0.25, 0.3) is 0 Å². The predicted octanol–water partition coefficient (Wildman–Crippen LogP) is 2.46. The molecule has 0 spiro atoms. The molecule has 0 bridgehead atoms. The molecule has 0 aliphatic rings. The van der Waals surface area contributed by atoms with Crippen LogP contribution < -0.4 is 14.9 Å². The molecule has 0 saturated carbocycles. The third kappa shape index (κ3) is 3.39. The fourth-order valence-electron chi connectivity index (χ4n) is 1.62. The first-order chi connectivity index (χ1) is 9.72. The van der Waals surface area contributed by atoms with Gasteiger partial charge in [-0.1, -0.05) is 11.8 Å². The van der Waals surface area contributed by atoms with Crippen molar-refractivity contribution in [3.63, 3.8) is 0 Å². The third-order valence-electron chi connectivity index (χ3n) is 2.73. The Balaban J connectivity index is 2.28. The normalized spacial score (nSPS) is 9.30. The summed E-state index contributed by atoms with van der Waals surface area (Å²) in [5.41, 5.74) is 1.47. The zero-order valence-corrected chi connectivity index (χ0v) is 11.3. The maximum absolute atomic E-state index is 11.6. The maximum atomic E-state index is 11.6. The van der Waals surface area contributed by atoms with Crippen LogP contribution in [0.5, 0.6) is 11.5 Å². The minimum atomic E-state index is -0.162. The van der Waals surface area contributed by atoms with E-state index in [1.807, 2.05) is 24.3 Å². The van der Waals surface area contributed by atoms with E-state index in [2.05, 4.69) is 11.8 Å². The molecule has 3 nitrogen and oxygen atoms in total. The van der Waals surface area contributed by atoms with Crippen LogP contribution in [0.25, 0.3) is 0 Å². The molecule has 0 radical (unpaired) electrons. The van der Waals surface area contributed by atoms with E-state index < -0.39 is 0 Å². The van der Waals surface area contributed by atoms with Crippen molar-refractivity contribution in [2.45, 2.75) is 0 Å². The summed E-state index contributed by atoms with van der Waals surface area (Å²) in [6.07, 6.45) is 0. The molecule has 2 rings (SSSR count). The topological polar surface area (TPSA) is 35.5 Å². The van der Waals surface area contributed by atoms with Crippen molar-refractivity contribution in [2.75, 3.05) is 14.2 Å². The highest BCUT2D eigenvalue weighted by molar-refractivity contribution is 5.44. The number of ether oxygens (including phenoxy) is 2. The van der Waals surface area contributed by atoms with Crippen molar-refractivity contribution in [1.29, 1.82) is 0 Å². The molecule has 3 heteroatoms. The fourth-order valence-corrected chi connectivity index (χ4v) is 1.62. The lowest BCUT2D eigenvalue weighted by Crippen LogP contribution is -1.98.